The Labute approximate surface area is 102 Å². The summed E-state index contributed by atoms with van der Waals surface area (Å²) in [5.41, 5.74) is 1.13. The third-order valence-corrected chi connectivity index (χ3v) is 2.64. The van der Waals surface area contributed by atoms with Crippen molar-refractivity contribution in [2.75, 3.05) is 6.54 Å². The Kier molecular flexibility index (Phi) is 4.27. The molecule has 2 heterocycles. The van der Waals surface area contributed by atoms with E-state index in [0.717, 1.165) is 25.2 Å². The summed E-state index contributed by atoms with van der Waals surface area (Å²) in [4.78, 5) is 8.32. The van der Waals surface area contributed by atoms with Crippen molar-refractivity contribution in [3.05, 3.63) is 48.8 Å². The maximum atomic E-state index is 4.30. The first-order valence-corrected chi connectivity index (χ1v) is 5.93. The first-order chi connectivity index (χ1) is 8.34. The summed E-state index contributed by atoms with van der Waals surface area (Å²) in [6.07, 6.45) is 8.44. The molecule has 0 radical (unpaired) electrons. The van der Waals surface area contributed by atoms with Crippen LogP contribution in [0, 0.1) is 0 Å². The minimum atomic E-state index is 0.438. The maximum Gasteiger partial charge on any atom is 0.0946 e. The van der Waals surface area contributed by atoms with Gasteiger partial charge in [0.1, 0.15) is 0 Å². The molecule has 2 aromatic rings. The number of nitrogens with one attached hydrogen (secondary N) is 1. The van der Waals surface area contributed by atoms with Gasteiger partial charge in [-0.2, -0.15) is 0 Å². The Bertz CT molecular complexity index is 410. The van der Waals surface area contributed by atoms with Crippen LogP contribution < -0.4 is 5.32 Å². The van der Waals surface area contributed by atoms with Gasteiger partial charge in [-0.1, -0.05) is 6.07 Å². The van der Waals surface area contributed by atoms with Gasteiger partial charge < -0.3 is 9.88 Å². The standard InChI is InChI=1S/C13H18N4/c1-12(10-17-9-8-14-11-17)15-7-5-13-4-2-3-6-16-13/h2-4,6,8-9,11-12,15H,5,7,10H2,1H3. The second-order valence-electron chi connectivity index (χ2n) is 4.19. The van der Waals surface area contributed by atoms with Crippen molar-refractivity contribution in [1.29, 1.82) is 0 Å². The third-order valence-electron chi connectivity index (χ3n) is 2.64. The van der Waals surface area contributed by atoms with Crippen LogP contribution in [-0.4, -0.2) is 27.1 Å². The number of aromatic nitrogens is 3. The Hall–Kier alpha value is -1.68. The van der Waals surface area contributed by atoms with E-state index in [1.165, 1.54) is 0 Å². The Balaban J connectivity index is 1.68. The summed E-state index contributed by atoms with van der Waals surface area (Å²) in [7, 11) is 0. The molecule has 2 rings (SSSR count). The van der Waals surface area contributed by atoms with Gasteiger partial charge in [-0.3, -0.25) is 4.98 Å². The van der Waals surface area contributed by atoms with Crippen molar-refractivity contribution in [1.82, 2.24) is 19.9 Å². The molecular formula is C13H18N4. The Morgan fingerprint density at radius 2 is 2.29 bits per heavy atom. The highest BCUT2D eigenvalue weighted by atomic mass is 15.1. The number of rotatable bonds is 6. The van der Waals surface area contributed by atoms with E-state index in [9.17, 15) is 0 Å². The van der Waals surface area contributed by atoms with Crippen molar-refractivity contribution >= 4 is 0 Å². The predicted octanol–water partition coefficient (Wildman–Crippen LogP) is 1.50. The van der Waals surface area contributed by atoms with Gasteiger partial charge >= 0.3 is 0 Å². The minimum absolute atomic E-state index is 0.438. The Morgan fingerprint density at radius 1 is 1.35 bits per heavy atom. The smallest absolute Gasteiger partial charge is 0.0946 e. The number of hydrogen-bond acceptors (Lipinski definition) is 3. The predicted molar refractivity (Wildman–Crippen MR) is 67.6 cm³/mol. The monoisotopic (exact) mass is 230 g/mol. The van der Waals surface area contributed by atoms with Gasteiger partial charge in [0.05, 0.1) is 6.33 Å². The van der Waals surface area contributed by atoms with Crippen LogP contribution in [0.4, 0.5) is 0 Å². The van der Waals surface area contributed by atoms with Crippen LogP contribution in [0.15, 0.2) is 43.1 Å². The van der Waals surface area contributed by atoms with Crippen LogP contribution in [0.2, 0.25) is 0 Å². The molecule has 0 saturated carbocycles. The molecule has 1 atom stereocenters. The van der Waals surface area contributed by atoms with Gasteiger partial charge in [0.15, 0.2) is 0 Å². The first-order valence-electron chi connectivity index (χ1n) is 5.93. The number of nitrogens with zero attached hydrogens (tertiary/aromatic N) is 3. The van der Waals surface area contributed by atoms with Crippen molar-refractivity contribution in [3.63, 3.8) is 0 Å². The van der Waals surface area contributed by atoms with Gasteiger partial charge in [0.25, 0.3) is 0 Å². The summed E-state index contributed by atoms with van der Waals surface area (Å²) in [6, 6.07) is 6.46. The van der Waals surface area contributed by atoms with Crippen LogP contribution in [0.1, 0.15) is 12.6 Å². The van der Waals surface area contributed by atoms with Crippen molar-refractivity contribution in [2.45, 2.75) is 25.9 Å². The van der Waals surface area contributed by atoms with Crippen molar-refractivity contribution in [2.24, 2.45) is 0 Å². The molecule has 4 heteroatoms. The molecule has 0 aromatic carbocycles. The summed E-state index contributed by atoms with van der Waals surface area (Å²) < 4.78 is 2.08. The van der Waals surface area contributed by atoms with E-state index in [2.05, 4.69) is 32.8 Å². The van der Waals surface area contributed by atoms with E-state index < -0.39 is 0 Å². The highest BCUT2D eigenvalue weighted by molar-refractivity contribution is 5.03. The lowest BCUT2D eigenvalue weighted by Gasteiger charge is -2.13. The van der Waals surface area contributed by atoms with Crippen molar-refractivity contribution in [3.8, 4) is 0 Å². The summed E-state index contributed by atoms with van der Waals surface area (Å²) >= 11 is 0. The summed E-state index contributed by atoms with van der Waals surface area (Å²) in [5.74, 6) is 0. The van der Waals surface area contributed by atoms with Crippen LogP contribution in [0.3, 0.4) is 0 Å². The van der Waals surface area contributed by atoms with Gasteiger partial charge in [-0.05, 0) is 19.1 Å². The molecule has 90 valence electrons. The van der Waals surface area contributed by atoms with Gasteiger partial charge in [-0.15, -0.1) is 0 Å². The molecule has 0 saturated heterocycles. The number of hydrogen-bond donors (Lipinski definition) is 1. The molecule has 17 heavy (non-hydrogen) atoms. The van der Waals surface area contributed by atoms with E-state index in [-0.39, 0.29) is 0 Å². The second-order valence-corrected chi connectivity index (χ2v) is 4.19. The molecule has 1 unspecified atom stereocenters. The molecule has 0 spiro atoms. The second kappa shape index (κ2) is 6.15. The van der Waals surface area contributed by atoms with Crippen LogP contribution in [-0.2, 0) is 13.0 Å². The lowest BCUT2D eigenvalue weighted by molar-refractivity contribution is 0.478. The van der Waals surface area contributed by atoms with E-state index in [1.54, 1.807) is 6.20 Å². The zero-order valence-electron chi connectivity index (χ0n) is 10.1. The van der Waals surface area contributed by atoms with Crippen molar-refractivity contribution < 1.29 is 0 Å². The molecule has 0 bridgehead atoms. The average Bonchev–Trinajstić information content (AvgIpc) is 2.83. The summed E-state index contributed by atoms with van der Waals surface area (Å²) in [5, 5.41) is 3.48. The molecule has 1 N–H and O–H groups in total. The highest BCUT2D eigenvalue weighted by Gasteiger charge is 2.01. The third kappa shape index (κ3) is 4.00. The van der Waals surface area contributed by atoms with E-state index in [0.29, 0.717) is 6.04 Å². The fourth-order valence-electron chi connectivity index (χ4n) is 1.77. The molecule has 0 aliphatic rings. The minimum Gasteiger partial charge on any atom is -0.336 e. The van der Waals surface area contributed by atoms with Crippen LogP contribution in [0.5, 0.6) is 0 Å². The first kappa shape index (κ1) is 11.8. The molecule has 0 aliphatic heterocycles. The zero-order valence-corrected chi connectivity index (χ0v) is 10.1. The highest BCUT2D eigenvalue weighted by Crippen LogP contribution is 1.95. The number of imidazole rings is 1. The van der Waals surface area contributed by atoms with Gasteiger partial charge in [-0.25, -0.2) is 4.98 Å². The normalized spacial score (nSPS) is 12.5. The molecule has 0 fully saturated rings. The molecular weight excluding hydrogens is 212 g/mol. The van der Waals surface area contributed by atoms with E-state index in [4.69, 9.17) is 0 Å². The number of pyridine rings is 1. The van der Waals surface area contributed by atoms with Crippen LogP contribution >= 0.6 is 0 Å². The summed E-state index contributed by atoms with van der Waals surface area (Å²) in [6.45, 7) is 4.08. The van der Waals surface area contributed by atoms with Gasteiger partial charge in [0, 0.05) is 49.8 Å². The largest absolute Gasteiger partial charge is 0.336 e. The Morgan fingerprint density at radius 3 is 3.00 bits per heavy atom. The molecule has 2 aromatic heterocycles. The molecule has 0 aliphatic carbocycles. The lowest BCUT2D eigenvalue weighted by atomic mass is 10.2. The topological polar surface area (TPSA) is 42.7 Å². The zero-order chi connectivity index (χ0) is 11.9. The fraction of sp³-hybridized carbons (Fsp3) is 0.385. The average molecular weight is 230 g/mol. The van der Waals surface area contributed by atoms with E-state index in [1.807, 2.05) is 30.9 Å². The molecule has 4 nitrogen and oxygen atoms in total. The SMILES string of the molecule is CC(Cn1ccnc1)NCCc1ccccn1. The molecule has 0 amide bonds. The van der Waals surface area contributed by atoms with Crippen LogP contribution in [0.25, 0.3) is 0 Å². The lowest BCUT2D eigenvalue weighted by Crippen LogP contribution is -2.31. The maximum absolute atomic E-state index is 4.30. The fourth-order valence-corrected chi connectivity index (χ4v) is 1.77. The van der Waals surface area contributed by atoms with Gasteiger partial charge in [0.2, 0.25) is 0 Å². The quantitative estimate of drug-likeness (QED) is 0.817. The van der Waals surface area contributed by atoms with E-state index >= 15 is 0 Å².